The number of nitrogens with zero attached hydrogens (tertiary/aromatic N) is 3. The SMILES string of the molecule is CCc1nc(C)nc2c1N2B(N)C1CC=C(C)C=C1C. The first-order chi connectivity index (χ1) is 9.52. The van der Waals surface area contributed by atoms with E-state index in [1.54, 1.807) is 0 Å². The second-order valence-electron chi connectivity index (χ2n) is 5.78. The van der Waals surface area contributed by atoms with E-state index in [2.05, 4.69) is 47.7 Å². The van der Waals surface area contributed by atoms with Crippen LogP contribution in [0.4, 0.5) is 11.5 Å². The maximum absolute atomic E-state index is 6.50. The van der Waals surface area contributed by atoms with E-state index in [1.165, 1.54) is 11.1 Å². The van der Waals surface area contributed by atoms with E-state index in [9.17, 15) is 0 Å². The van der Waals surface area contributed by atoms with E-state index in [1.807, 2.05) is 6.92 Å². The number of allylic oxidation sites excluding steroid dienone is 4. The largest absolute Gasteiger partial charge is 0.351 e. The van der Waals surface area contributed by atoms with Gasteiger partial charge in [-0.05, 0) is 39.4 Å². The standard InChI is InChI=1S/C15H21BN4/c1-5-13-14-15(19-11(4)18-13)20(14)16(17)12-7-6-9(2)8-10(12)3/h6,8,12H,5,7,17H2,1-4H3. The minimum atomic E-state index is -0.0352. The van der Waals surface area contributed by atoms with Gasteiger partial charge in [0.25, 0.3) is 0 Å². The summed E-state index contributed by atoms with van der Waals surface area (Å²) in [6, 6.07) is 0. The van der Waals surface area contributed by atoms with Crippen molar-refractivity contribution >= 4 is 18.5 Å². The fraction of sp³-hybridized carbons (Fsp3) is 0.467. The highest BCUT2D eigenvalue weighted by Crippen LogP contribution is 2.51. The van der Waals surface area contributed by atoms with Gasteiger partial charge in [0.15, 0.2) is 0 Å². The maximum Gasteiger partial charge on any atom is 0.351 e. The van der Waals surface area contributed by atoms with Gasteiger partial charge in [-0.2, -0.15) is 0 Å². The lowest BCUT2D eigenvalue weighted by molar-refractivity contribution is 0.906. The highest BCUT2D eigenvalue weighted by atomic mass is 15.3. The summed E-state index contributed by atoms with van der Waals surface area (Å²) in [6.45, 7) is 8.35. The van der Waals surface area contributed by atoms with E-state index in [0.29, 0.717) is 5.82 Å². The second kappa shape index (κ2) is 4.74. The molecule has 104 valence electrons. The maximum atomic E-state index is 6.50. The predicted octanol–water partition coefficient (Wildman–Crippen LogP) is 2.91. The van der Waals surface area contributed by atoms with Crippen LogP contribution in [0.1, 0.15) is 38.7 Å². The van der Waals surface area contributed by atoms with Crippen molar-refractivity contribution in [3.63, 3.8) is 0 Å². The number of aromatic nitrogens is 2. The van der Waals surface area contributed by atoms with Crippen LogP contribution in [-0.2, 0) is 6.42 Å². The molecule has 2 aliphatic rings. The molecule has 0 saturated carbocycles. The summed E-state index contributed by atoms with van der Waals surface area (Å²) in [5.74, 6) is 2.22. The topological polar surface area (TPSA) is 54.8 Å². The summed E-state index contributed by atoms with van der Waals surface area (Å²) >= 11 is 0. The van der Waals surface area contributed by atoms with Crippen molar-refractivity contribution in [1.29, 1.82) is 0 Å². The minimum Gasteiger partial charge on any atom is -0.350 e. The molecule has 1 aromatic heterocycles. The predicted molar refractivity (Wildman–Crippen MR) is 84.1 cm³/mol. The fourth-order valence-corrected chi connectivity index (χ4v) is 3.12. The first-order valence-electron chi connectivity index (χ1n) is 7.30. The van der Waals surface area contributed by atoms with Crippen LogP contribution in [-0.4, -0.2) is 17.0 Å². The molecular formula is C15H21BN4. The fourth-order valence-electron chi connectivity index (χ4n) is 3.12. The van der Waals surface area contributed by atoms with E-state index < -0.39 is 0 Å². The first kappa shape index (κ1) is 13.4. The second-order valence-corrected chi connectivity index (χ2v) is 5.78. The lowest BCUT2D eigenvalue weighted by Crippen LogP contribution is -2.42. The molecule has 1 aliphatic heterocycles. The van der Waals surface area contributed by atoms with Gasteiger partial charge in [-0.15, -0.1) is 0 Å². The zero-order chi connectivity index (χ0) is 14.4. The Hall–Kier alpha value is -1.62. The smallest absolute Gasteiger partial charge is 0.350 e. The van der Waals surface area contributed by atoms with Gasteiger partial charge in [0.1, 0.15) is 11.6 Å². The zero-order valence-electron chi connectivity index (χ0n) is 12.6. The first-order valence-corrected chi connectivity index (χ1v) is 7.30. The van der Waals surface area contributed by atoms with Crippen LogP contribution in [0.2, 0.25) is 5.82 Å². The molecule has 2 heterocycles. The van der Waals surface area contributed by atoms with E-state index >= 15 is 0 Å². The Morgan fingerprint density at radius 2 is 2.10 bits per heavy atom. The summed E-state index contributed by atoms with van der Waals surface area (Å²) in [6.07, 6.45) is 6.43. The summed E-state index contributed by atoms with van der Waals surface area (Å²) in [4.78, 5) is 11.2. The highest BCUT2D eigenvalue weighted by molar-refractivity contribution is 6.67. The van der Waals surface area contributed by atoms with Crippen molar-refractivity contribution in [3.05, 3.63) is 34.8 Å². The lowest BCUT2D eigenvalue weighted by Gasteiger charge is -2.24. The summed E-state index contributed by atoms with van der Waals surface area (Å²) in [5.41, 5.74) is 11.5. The van der Waals surface area contributed by atoms with Crippen LogP contribution >= 0.6 is 0 Å². The summed E-state index contributed by atoms with van der Waals surface area (Å²) in [5, 5.41) is 0. The molecule has 0 saturated heterocycles. The Bertz CT molecular complexity index is 621. The van der Waals surface area contributed by atoms with Gasteiger partial charge in [0.2, 0.25) is 0 Å². The van der Waals surface area contributed by atoms with Crippen LogP contribution < -0.4 is 10.5 Å². The van der Waals surface area contributed by atoms with Crippen molar-refractivity contribution in [3.8, 4) is 0 Å². The molecule has 20 heavy (non-hydrogen) atoms. The van der Waals surface area contributed by atoms with Crippen LogP contribution in [0, 0.1) is 6.92 Å². The van der Waals surface area contributed by atoms with Gasteiger partial charge in [-0.3, -0.25) is 0 Å². The average molecular weight is 268 g/mol. The van der Waals surface area contributed by atoms with E-state index in [4.69, 9.17) is 5.64 Å². The van der Waals surface area contributed by atoms with Crippen LogP contribution in [0.15, 0.2) is 23.3 Å². The molecule has 4 nitrogen and oxygen atoms in total. The zero-order valence-corrected chi connectivity index (χ0v) is 12.6. The molecule has 3 rings (SSSR count). The van der Waals surface area contributed by atoms with Crippen LogP contribution in [0.3, 0.4) is 0 Å². The van der Waals surface area contributed by atoms with Gasteiger partial charge < -0.3 is 10.5 Å². The molecule has 5 heteroatoms. The average Bonchev–Trinajstić information content (AvgIpc) is 3.10. The molecule has 0 bridgehead atoms. The number of anilines is 2. The van der Waals surface area contributed by atoms with E-state index in [-0.39, 0.29) is 6.98 Å². The van der Waals surface area contributed by atoms with Crippen molar-refractivity contribution in [2.45, 2.75) is 46.4 Å². The highest BCUT2D eigenvalue weighted by Gasteiger charge is 2.45. The van der Waals surface area contributed by atoms with Crippen molar-refractivity contribution in [2.75, 3.05) is 4.81 Å². The van der Waals surface area contributed by atoms with Crippen LogP contribution in [0.5, 0.6) is 0 Å². The monoisotopic (exact) mass is 268 g/mol. The summed E-state index contributed by atoms with van der Waals surface area (Å²) in [7, 11) is 0. The van der Waals surface area contributed by atoms with Crippen molar-refractivity contribution in [2.24, 2.45) is 5.64 Å². The normalized spacial score (nSPS) is 20.2. The Morgan fingerprint density at radius 3 is 2.75 bits per heavy atom. The van der Waals surface area contributed by atoms with Gasteiger partial charge >= 0.3 is 6.98 Å². The number of nitrogens with two attached hydrogens (primary N) is 1. The molecule has 0 aromatic carbocycles. The number of hydrogen-bond donors (Lipinski definition) is 1. The molecule has 1 unspecified atom stereocenters. The molecule has 1 aliphatic carbocycles. The number of aryl methyl sites for hydroxylation is 2. The molecule has 1 atom stereocenters. The van der Waals surface area contributed by atoms with E-state index in [0.717, 1.165) is 35.9 Å². The quantitative estimate of drug-likeness (QED) is 0.676. The molecule has 0 amide bonds. The third kappa shape index (κ3) is 2.06. The molecule has 1 aromatic rings. The van der Waals surface area contributed by atoms with Gasteiger partial charge in [-0.25, -0.2) is 9.97 Å². The number of fused-ring (bicyclic) bond motifs is 1. The molecule has 0 fully saturated rings. The molecule has 0 radical (unpaired) electrons. The van der Waals surface area contributed by atoms with Crippen molar-refractivity contribution < 1.29 is 0 Å². The number of hydrogen-bond acceptors (Lipinski definition) is 4. The van der Waals surface area contributed by atoms with Crippen LogP contribution in [0.25, 0.3) is 0 Å². The third-order valence-electron chi connectivity index (χ3n) is 4.25. The Kier molecular flexibility index (Phi) is 3.17. The molecule has 2 N–H and O–H groups in total. The third-order valence-corrected chi connectivity index (χ3v) is 4.25. The van der Waals surface area contributed by atoms with Gasteiger partial charge in [-0.1, -0.05) is 30.2 Å². The Labute approximate surface area is 120 Å². The van der Waals surface area contributed by atoms with Gasteiger partial charge in [0.05, 0.1) is 11.4 Å². The van der Waals surface area contributed by atoms with Gasteiger partial charge in [0, 0.05) is 0 Å². The molecule has 0 spiro atoms. The lowest BCUT2D eigenvalue weighted by atomic mass is 9.57. The summed E-state index contributed by atoms with van der Waals surface area (Å²) < 4.78 is 0. The minimum absolute atomic E-state index is 0.0352. The Balaban J connectivity index is 1.84. The molecular weight excluding hydrogens is 247 g/mol. The number of rotatable bonds is 3. The Morgan fingerprint density at radius 1 is 1.35 bits per heavy atom. The van der Waals surface area contributed by atoms with Crippen molar-refractivity contribution in [1.82, 2.24) is 9.97 Å².